The molecule has 0 saturated carbocycles. The molecule has 1 aromatic rings. The SMILES string of the molecule is CC(=O)CC(=O)Cc1cccc(C)c1C. The van der Waals surface area contributed by atoms with Crippen LogP contribution in [0, 0.1) is 13.8 Å². The number of ketones is 2. The van der Waals surface area contributed by atoms with E-state index in [-0.39, 0.29) is 18.0 Å². The number of benzene rings is 1. The largest absolute Gasteiger partial charge is 0.300 e. The molecule has 15 heavy (non-hydrogen) atoms. The Morgan fingerprint density at radius 3 is 2.47 bits per heavy atom. The first kappa shape index (κ1) is 11.6. The summed E-state index contributed by atoms with van der Waals surface area (Å²) in [5.74, 6) is -0.0680. The molecule has 0 aliphatic carbocycles. The Kier molecular flexibility index (Phi) is 3.78. The van der Waals surface area contributed by atoms with Crippen molar-refractivity contribution in [1.82, 2.24) is 0 Å². The van der Waals surface area contributed by atoms with E-state index < -0.39 is 0 Å². The van der Waals surface area contributed by atoms with Crippen LogP contribution in [0.5, 0.6) is 0 Å². The van der Waals surface area contributed by atoms with Crippen molar-refractivity contribution in [2.45, 2.75) is 33.6 Å². The van der Waals surface area contributed by atoms with Crippen LogP contribution in [0.2, 0.25) is 0 Å². The summed E-state index contributed by atoms with van der Waals surface area (Å²) in [6.45, 7) is 5.47. The number of carbonyl (C=O) groups is 2. The van der Waals surface area contributed by atoms with Gasteiger partial charge in [0, 0.05) is 6.42 Å². The van der Waals surface area contributed by atoms with Crippen LogP contribution in [-0.2, 0) is 16.0 Å². The van der Waals surface area contributed by atoms with Crippen molar-refractivity contribution in [3.63, 3.8) is 0 Å². The van der Waals surface area contributed by atoms with Crippen LogP contribution >= 0.6 is 0 Å². The zero-order valence-corrected chi connectivity index (χ0v) is 9.46. The molecule has 0 bridgehead atoms. The highest BCUT2D eigenvalue weighted by Crippen LogP contribution is 2.13. The molecule has 0 N–H and O–H groups in total. The Bertz CT molecular complexity index is 392. The lowest BCUT2D eigenvalue weighted by atomic mass is 9.98. The van der Waals surface area contributed by atoms with Crippen LogP contribution in [0.15, 0.2) is 18.2 Å². The molecule has 0 saturated heterocycles. The fraction of sp³-hybridized carbons (Fsp3) is 0.385. The lowest BCUT2D eigenvalue weighted by Crippen LogP contribution is -2.08. The van der Waals surface area contributed by atoms with Gasteiger partial charge in [-0.25, -0.2) is 0 Å². The summed E-state index contributed by atoms with van der Waals surface area (Å²) in [7, 11) is 0. The normalized spacial score (nSPS) is 10.1. The molecule has 1 aromatic carbocycles. The summed E-state index contributed by atoms with van der Waals surface area (Å²) in [5, 5.41) is 0. The number of aryl methyl sites for hydroxylation is 1. The predicted octanol–water partition coefficient (Wildman–Crippen LogP) is 2.39. The van der Waals surface area contributed by atoms with Crippen molar-refractivity contribution >= 4 is 11.6 Å². The zero-order chi connectivity index (χ0) is 11.4. The number of carbonyl (C=O) groups excluding carboxylic acids is 2. The molecule has 0 unspecified atom stereocenters. The number of Topliss-reactive ketones (excluding diaryl/α,β-unsaturated/α-hetero) is 2. The van der Waals surface area contributed by atoms with E-state index in [0.717, 1.165) is 11.1 Å². The van der Waals surface area contributed by atoms with Gasteiger partial charge in [0.25, 0.3) is 0 Å². The second-order valence-corrected chi connectivity index (χ2v) is 3.95. The third kappa shape index (κ3) is 3.31. The fourth-order valence-electron chi connectivity index (χ4n) is 1.56. The summed E-state index contributed by atoms with van der Waals surface area (Å²) < 4.78 is 0. The van der Waals surface area contributed by atoms with Crippen LogP contribution in [0.1, 0.15) is 30.0 Å². The van der Waals surface area contributed by atoms with Crippen LogP contribution in [0.3, 0.4) is 0 Å². The van der Waals surface area contributed by atoms with Crippen LogP contribution < -0.4 is 0 Å². The average Bonchev–Trinajstić information content (AvgIpc) is 2.11. The molecule has 0 aliphatic rings. The fourth-order valence-corrected chi connectivity index (χ4v) is 1.56. The van der Waals surface area contributed by atoms with E-state index in [2.05, 4.69) is 0 Å². The lowest BCUT2D eigenvalue weighted by Gasteiger charge is -2.06. The van der Waals surface area contributed by atoms with Gasteiger partial charge in [0.15, 0.2) is 0 Å². The Balaban J connectivity index is 2.77. The van der Waals surface area contributed by atoms with E-state index in [9.17, 15) is 9.59 Å². The zero-order valence-electron chi connectivity index (χ0n) is 9.46. The second kappa shape index (κ2) is 4.87. The first-order chi connectivity index (χ1) is 7.00. The molecular weight excluding hydrogens is 188 g/mol. The van der Waals surface area contributed by atoms with Crippen molar-refractivity contribution < 1.29 is 9.59 Å². The molecule has 0 aromatic heterocycles. The van der Waals surface area contributed by atoms with E-state index in [1.54, 1.807) is 0 Å². The van der Waals surface area contributed by atoms with Gasteiger partial charge in [-0.1, -0.05) is 18.2 Å². The molecule has 0 aliphatic heterocycles. The molecule has 0 heterocycles. The first-order valence-corrected chi connectivity index (χ1v) is 5.07. The van der Waals surface area contributed by atoms with E-state index in [4.69, 9.17) is 0 Å². The summed E-state index contributed by atoms with van der Waals surface area (Å²) in [6, 6.07) is 5.91. The van der Waals surface area contributed by atoms with Crippen LogP contribution in [-0.4, -0.2) is 11.6 Å². The maximum atomic E-state index is 11.5. The van der Waals surface area contributed by atoms with Gasteiger partial charge in [0.05, 0.1) is 6.42 Å². The van der Waals surface area contributed by atoms with E-state index >= 15 is 0 Å². The molecule has 1 rings (SSSR count). The van der Waals surface area contributed by atoms with Gasteiger partial charge >= 0.3 is 0 Å². The van der Waals surface area contributed by atoms with Gasteiger partial charge < -0.3 is 0 Å². The van der Waals surface area contributed by atoms with Gasteiger partial charge in [0.2, 0.25) is 0 Å². The minimum atomic E-state index is -0.0645. The molecule has 0 fully saturated rings. The van der Waals surface area contributed by atoms with Crippen LogP contribution in [0.4, 0.5) is 0 Å². The molecule has 0 radical (unpaired) electrons. The smallest absolute Gasteiger partial charge is 0.144 e. The van der Waals surface area contributed by atoms with Crippen molar-refractivity contribution in [2.24, 2.45) is 0 Å². The maximum Gasteiger partial charge on any atom is 0.144 e. The molecule has 2 nitrogen and oxygen atoms in total. The Morgan fingerprint density at radius 1 is 1.20 bits per heavy atom. The van der Waals surface area contributed by atoms with Crippen molar-refractivity contribution in [2.75, 3.05) is 0 Å². The second-order valence-electron chi connectivity index (χ2n) is 3.95. The van der Waals surface area contributed by atoms with Crippen molar-refractivity contribution in [3.05, 3.63) is 34.9 Å². The highest BCUT2D eigenvalue weighted by Gasteiger charge is 2.08. The summed E-state index contributed by atoms with van der Waals surface area (Å²) in [4.78, 5) is 22.2. The Morgan fingerprint density at radius 2 is 1.87 bits per heavy atom. The average molecular weight is 204 g/mol. The van der Waals surface area contributed by atoms with Gasteiger partial charge in [0.1, 0.15) is 11.6 Å². The number of hydrogen-bond donors (Lipinski definition) is 0. The van der Waals surface area contributed by atoms with E-state index in [1.807, 2.05) is 32.0 Å². The summed E-state index contributed by atoms with van der Waals surface area (Å²) in [5.41, 5.74) is 3.36. The van der Waals surface area contributed by atoms with Crippen molar-refractivity contribution in [1.29, 1.82) is 0 Å². The molecule has 0 spiro atoms. The van der Waals surface area contributed by atoms with Gasteiger partial charge in [-0.3, -0.25) is 9.59 Å². The third-order valence-corrected chi connectivity index (χ3v) is 2.55. The third-order valence-electron chi connectivity index (χ3n) is 2.55. The molecule has 0 amide bonds. The summed E-state index contributed by atoms with van der Waals surface area (Å²) in [6.07, 6.45) is 0.417. The minimum Gasteiger partial charge on any atom is -0.300 e. The number of rotatable bonds is 4. The lowest BCUT2D eigenvalue weighted by molar-refractivity contribution is -0.125. The Labute approximate surface area is 90.3 Å². The van der Waals surface area contributed by atoms with E-state index in [1.165, 1.54) is 12.5 Å². The van der Waals surface area contributed by atoms with Crippen molar-refractivity contribution in [3.8, 4) is 0 Å². The van der Waals surface area contributed by atoms with Gasteiger partial charge in [-0.05, 0) is 37.5 Å². The minimum absolute atomic E-state index is 0.00352. The molecule has 80 valence electrons. The van der Waals surface area contributed by atoms with Gasteiger partial charge in [-0.2, -0.15) is 0 Å². The Hall–Kier alpha value is -1.44. The molecule has 2 heteroatoms. The molecular formula is C13H16O2. The maximum absolute atomic E-state index is 11.5. The first-order valence-electron chi connectivity index (χ1n) is 5.07. The summed E-state index contributed by atoms with van der Waals surface area (Å²) >= 11 is 0. The van der Waals surface area contributed by atoms with E-state index in [0.29, 0.717) is 6.42 Å². The monoisotopic (exact) mass is 204 g/mol. The van der Waals surface area contributed by atoms with Gasteiger partial charge in [-0.15, -0.1) is 0 Å². The predicted molar refractivity (Wildman–Crippen MR) is 59.9 cm³/mol. The standard InChI is InChI=1S/C13H16O2/c1-9-5-4-6-12(11(9)3)8-13(15)7-10(2)14/h4-6H,7-8H2,1-3H3. The molecule has 0 atom stereocenters. The quantitative estimate of drug-likeness (QED) is 0.706. The highest BCUT2D eigenvalue weighted by atomic mass is 16.1. The highest BCUT2D eigenvalue weighted by molar-refractivity contribution is 5.98. The topological polar surface area (TPSA) is 34.1 Å². The number of hydrogen-bond acceptors (Lipinski definition) is 2. The van der Waals surface area contributed by atoms with Crippen LogP contribution in [0.25, 0.3) is 0 Å².